The molecule has 1 fully saturated rings. The molecule has 2 unspecified atom stereocenters. The van der Waals surface area contributed by atoms with E-state index in [4.69, 9.17) is 17.3 Å². The SMILES string of the molecule is CC1CCN(C(=O)c2ccc(F)cc2Cl)C(CN)C1. The molecule has 1 aromatic rings. The normalized spacial score (nSPS) is 23.5. The molecule has 3 nitrogen and oxygen atoms in total. The van der Waals surface area contributed by atoms with E-state index in [1.807, 2.05) is 0 Å². The maximum Gasteiger partial charge on any atom is 0.255 e. The van der Waals surface area contributed by atoms with Crippen molar-refractivity contribution in [1.82, 2.24) is 4.90 Å². The molecule has 19 heavy (non-hydrogen) atoms. The number of piperidine rings is 1. The summed E-state index contributed by atoms with van der Waals surface area (Å²) in [4.78, 5) is 14.2. The van der Waals surface area contributed by atoms with Crippen molar-refractivity contribution in [2.75, 3.05) is 13.1 Å². The largest absolute Gasteiger partial charge is 0.334 e. The van der Waals surface area contributed by atoms with Gasteiger partial charge < -0.3 is 10.6 Å². The Bertz CT molecular complexity index is 481. The van der Waals surface area contributed by atoms with Gasteiger partial charge in [0, 0.05) is 19.1 Å². The fraction of sp³-hybridized carbons (Fsp3) is 0.500. The zero-order valence-corrected chi connectivity index (χ0v) is 11.7. The molecule has 1 aliphatic rings. The lowest BCUT2D eigenvalue weighted by molar-refractivity contribution is 0.0574. The molecule has 0 aliphatic carbocycles. The predicted octanol–water partition coefficient (Wildman–Crippen LogP) is 2.68. The van der Waals surface area contributed by atoms with E-state index in [0.717, 1.165) is 12.8 Å². The summed E-state index contributed by atoms with van der Waals surface area (Å²) in [5.41, 5.74) is 6.09. The summed E-state index contributed by atoms with van der Waals surface area (Å²) >= 11 is 5.94. The van der Waals surface area contributed by atoms with Gasteiger partial charge in [0.05, 0.1) is 10.6 Å². The number of rotatable bonds is 2. The third-order valence-corrected chi connectivity index (χ3v) is 3.99. The monoisotopic (exact) mass is 284 g/mol. The molecule has 1 aliphatic heterocycles. The highest BCUT2D eigenvalue weighted by Gasteiger charge is 2.30. The Morgan fingerprint density at radius 3 is 2.95 bits per heavy atom. The van der Waals surface area contributed by atoms with Gasteiger partial charge in [-0.15, -0.1) is 0 Å². The number of benzene rings is 1. The zero-order chi connectivity index (χ0) is 14.0. The van der Waals surface area contributed by atoms with Crippen LogP contribution in [-0.4, -0.2) is 29.9 Å². The highest BCUT2D eigenvalue weighted by atomic mass is 35.5. The van der Waals surface area contributed by atoms with Crippen LogP contribution in [0.25, 0.3) is 0 Å². The molecular formula is C14H18ClFN2O. The Morgan fingerprint density at radius 2 is 2.32 bits per heavy atom. The zero-order valence-electron chi connectivity index (χ0n) is 10.9. The molecule has 0 radical (unpaired) electrons. The second-order valence-corrected chi connectivity index (χ2v) is 5.55. The van der Waals surface area contributed by atoms with Crippen LogP contribution in [0, 0.1) is 11.7 Å². The van der Waals surface area contributed by atoms with E-state index in [1.54, 1.807) is 4.90 Å². The Kier molecular flexibility index (Phi) is 4.42. The maximum absolute atomic E-state index is 13.0. The lowest BCUT2D eigenvalue weighted by Crippen LogP contribution is -2.49. The predicted molar refractivity (Wildman–Crippen MR) is 73.7 cm³/mol. The van der Waals surface area contributed by atoms with Gasteiger partial charge in [0.1, 0.15) is 5.82 Å². The van der Waals surface area contributed by atoms with Crippen molar-refractivity contribution in [2.24, 2.45) is 11.7 Å². The van der Waals surface area contributed by atoms with Crippen LogP contribution in [0.1, 0.15) is 30.1 Å². The minimum absolute atomic E-state index is 0.0392. The second-order valence-electron chi connectivity index (χ2n) is 5.14. The molecule has 1 saturated heterocycles. The van der Waals surface area contributed by atoms with Crippen molar-refractivity contribution in [3.63, 3.8) is 0 Å². The van der Waals surface area contributed by atoms with Crippen molar-refractivity contribution < 1.29 is 9.18 Å². The fourth-order valence-electron chi connectivity index (χ4n) is 2.56. The average molecular weight is 285 g/mol. The number of halogens is 2. The minimum atomic E-state index is -0.441. The molecule has 0 bridgehead atoms. The van der Waals surface area contributed by atoms with Gasteiger partial charge >= 0.3 is 0 Å². The summed E-state index contributed by atoms with van der Waals surface area (Å²) in [5.74, 6) is -0.0298. The van der Waals surface area contributed by atoms with Crippen molar-refractivity contribution in [3.8, 4) is 0 Å². The van der Waals surface area contributed by atoms with Crippen molar-refractivity contribution in [2.45, 2.75) is 25.8 Å². The highest BCUT2D eigenvalue weighted by Crippen LogP contribution is 2.26. The van der Waals surface area contributed by atoms with Crippen LogP contribution in [0.2, 0.25) is 5.02 Å². The molecule has 2 atom stereocenters. The first-order valence-corrected chi connectivity index (χ1v) is 6.86. The third-order valence-electron chi connectivity index (χ3n) is 3.67. The molecule has 0 aromatic heterocycles. The lowest BCUT2D eigenvalue weighted by atomic mass is 9.92. The Morgan fingerprint density at radius 1 is 1.58 bits per heavy atom. The van der Waals surface area contributed by atoms with Gasteiger partial charge in [0.2, 0.25) is 0 Å². The van der Waals surface area contributed by atoms with Crippen LogP contribution < -0.4 is 5.73 Å². The molecule has 1 aromatic carbocycles. The lowest BCUT2D eigenvalue weighted by Gasteiger charge is -2.38. The standard InChI is InChI=1S/C14H18ClFN2O/c1-9-4-5-18(11(6-9)8-17)14(19)12-3-2-10(16)7-13(12)15/h2-3,7,9,11H,4-6,8,17H2,1H3. The molecule has 2 N–H and O–H groups in total. The minimum Gasteiger partial charge on any atom is -0.334 e. The molecule has 2 rings (SSSR count). The van der Waals surface area contributed by atoms with E-state index in [9.17, 15) is 9.18 Å². The van der Waals surface area contributed by atoms with E-state index in [-0.39, 0.29) is 17.0 Å². The highest BCUT2D eigenvalue weighted by molar-refractivity contribution is 6.33. The van der Waals surface area contributed by atoms with Crippen LogP contribution in [0.3, 0.4) is 0 Å². The second kappa shape index (κ2) is 5.88. The first-order valence-electron chi connectivity index (χ1n) is 6.49. The Labute approximate surface area is 117 Å². The van der Waals surface area contributed by atoms with Crippen LogP contribution in [0.15, 0.2) is 18.2 Å². The number of hydrogen-bond donors (Lipinski definition) is 1. The van der Waals surface area contributed by atoms with Gasteiger partial charge in [0.25, 0.3) is 5.91 Å². The molecule has 0 spiro atoms. The molecule has 0 saturated carbocycles. The van der Waals surface area contributed by atoms with Gasteiger partial charge in [0.15, 0.2) is 0 Å². The number of hydrogen-bond acceptors (Lipinski definition) is 2. The topological polar surface area (TPSA) is 46.3 Å². The van der Waals surface area contributed by atoms with E-state index >= 15 is 0 Å². The molecule has 1 heterocycles. The Hall–Kier alpha value is -1.13. The van der Waals surface area contributed by atoms with Crippen molar-refractivity contribution in [1.29, 1.82) is 0 Å². The first kappa shape index (κ1) is 14.3. The molecule has 104 valence electrons. The number of nitrogens with zero attached hydrogens (tertiary/aromatic N) is 1. The summed E-state index contributed by atoms with van der Waals surface area (Å²) < 4.78 is 13.0. The van der Waals surface area contributed by atoms with Crippen LogP contribution >= 0.6 is 11.6 Å². The van der Waals surface area contributed by atoms with E-state index in [0.29, 0.717) is 24.6 Å². The average Bonchev–Trinajstić information content (AvgIpc) is 2.37. The van der Waals surface area contributed by atoms with E-state index in [1.165, 1.54) is 18.2 Å². The molecule has 1 amide bonds. The smallest absolute Gasteiger partial charge is 0.255 e. The number of carbonyl (C=O) groups excluding carboxylic acids is 1. The van der Waals surface area contributed by atoms with Crippen molar-refractivity contribution in [3.05, 3.63) is 34.6 Å². The summed E-state index contributed by atoms with van der Waals surface area (Å²) in [6.45, 7) is 3.28. The molecule has 5 heteroatoms. The first-order chi connectivity index (χ1) is 9.02. The number of carbonyl (C=O) groups is 1. The summed E-state index contributed by atoms with van der Waals surface area (Å²) in [7, 11) is 0. The quantitative estimate of drug-likeness (QED) is 0.907. The number of amides is 1. The van der Waals surface area contributed by atoms with Gasteiger partial charge in [-0.2, -0.15) is 0 Å². The van der Waals surface area contributed by atoms with Gasteiger partial charge in [-0.3, -0.25) is 4.79 Å². The van der Waals surface area contributed by atoms with Gasteiger partial charge in [-0.05, 0) is 37.0 Å². The van der Waals surface area contributed by atoms with Crippen molar-refractivity contribution >= 4 is 17.5 Å². The van der Waals surface area contributed by atoms with Crippen LogP contribution in [0.4, 0.5) is 4.39 Å². The van der Waals surface area contributed by atoms with Gasteiger partial charge in [-0.25, -0.2) is 4.39 Å². The van der Waals surface area contributed by atoms with E-state index in [2.05, 4.69) is 6.92 Å². The van der Waals surface area contributed by atoms with Crippen LogP contribution in [-0.2, 0) is 0 Å². The number of likely N-dealkylation sites (tertiary alicyclic amines) is 1. The van der Waals surface area contributed by atoms with Crippen LogP contribution in [0.5, 0.6) is 0 Å². The fourth-order valence-corrected chi connectivity index (χ4v) is 2.81. The number of nitrogens with two attached hydrogens (primary N) is 1. The van der Waals surface area contributed by atoms with Gasteiger partial charge in [-0.1, -0.05) is 18.5 Å². The third kappa shape index (κ3) is 3.07. The summed E-state index contributed by atoms with van der Waals surface area (Å²) in [6, 6.07) is 3.89. The molecular weight excluding hydrogens is 267 g/mol. The maximum atomic E-state index is 13.0. The van der Waals surface area contributed by atoms with E-state index < -0.39 is 5.82 Å². The summed E-state index contributed by atoms with van der Waals surface area (Å²) in [5, 5.41) is 0.152. The Balaban J connectivity index is 2.22. The summed E-state index contributed by atoms with van der Waals surface area (Å²) in [6.07, 6.45) is 1.86.